The molecular formula is C9H16N2O3. The largest absolute Gasteiger partial charge is 0.481 e. The number of hydrogen-bond acceptors (Lipinski definition) is 3. The SMILES string of the molecule is CC(NCCC(=O)O)C(=O)NC1CC1. The number of rotatable bonds is 6. The molecule has 0 heterocycles. The lowest BCUT2D eigenvalue weighted by molar-refractivity contribution is -0.137. The Morgan fingerprint density at radius 3 is 2.64 bits per heavy atom. The van der Waals surface area contributed by atoms with Crippen LogP contribution in [0.2, 0.25) is 0 Å². The van der Waals surface area contributed by atoms with E-state index >= 15 is 0 Å². The minimum absolute atomic E-state index is 0.0427. The highest BCUT2D eigenvalue weighted by molar-refractivity contribution is 5.81. The number of carboxylic acid groups (broad SMARTS) is 1. The molecule has 3 N–H and O–H groups in total. The molecule has 0 radical (unpaired) electrons. The second-order valence-electron chi connectivity index (χ2n) is 3.60. The quantitative estimate of drug-likeness (QED) is 0.551. The Hall–Kier alpha value is -1.10. The number of hydrogen-bond donors (Lipinski definition) is 3. The van der Waals surface area contributed by atoms with Crippen LogP contribution in [0.15, 0.2) is 0 Å². The smallest absolute Gasteiger partial charge is 0.304 e. The third kappa shape index (κ3) is 4.23. The Balaban J connectivity index is 2.09. The predicted molar refractivity (Wildman–Crippen MR) is 50.9 cm³/mol. The molecule has 1 amide bonds. The maximum absolute atomic E-state index is 11.3. The summed E-state index contributed by atoms with van der Waals surface area (Å²) in [5.41, 5.74) is 0. The summed E-state index contributed by atoms with van der Waals surface area (Å²) in [5.74, 6) is -0.898. The Morgan fingerprint density at radius 1 is 1.50 bits per heavy atom. The summed E-state index contributed by atoms with van der Waals surface area (Å²) in [7, 11) is 0. The highest BCUT2D eigenvalue weighted by Gasteiger charge is 2.25. The van der Waals surface area contributed by atoms with Gasteiger partial charge in [-0.3, -0.25) is 9.59 Å². The second kappa shape index (κ2) is 4.95. The maximum Gasteiger partial charge on any atom is 0.304 e. The first-order valence-electron chi connectivity index (χ1n) is 4.85. The lowest BCUT2D eigenvalue weighted by Crippen LogP contribution is -2.43. The molecule has 0 aromatic heterocycles. The molecule has 1 saturated carbocycles. The second-order valence-corrected chi connectivity index (χ2v) is 3.60. The molecule has 0 aromatic rings. The minimum Gasteiger partial charge on any atom is -0.481 e. The molecule has 1 rings (SSSR count). The van der Waals surface area contributed by atoms with Crippen molar-refractivity contribution < 1.29 is 14.7 Å². The summed E-state index contributed by atoms with van der Waals surface area (Å²) in [6.07, 6.45) is 2.17. The molecule has 0 aromatic carbocycles. The molecule has 5 heteroatoms. The molecule has 0 saturated heterocycles. The summed E-state index contributed by atoms with van der Waals surface area (Å²) in [5, 5.41) is 14.1. The van der Waals surface area contributed by atoms with Crippen molar-refractivity contribution in [2.75, 3.05) is 6.54 Å². The highest BCUT2D eigenvalue weighted by atomic mass is 16.4. The van der Waals surface area contributed by atoms with Gasteiger partial charge in [0.05, 0.1) is 12.5 Å². The van der Waals surface area contributed by atoms with Gasteiger partial charge in [0, 0.05) is 12.6 Å². The van der Waals surface area contributed by atoms with Gasteiger partial charge in [-0.25, -0.2) is 0 Å². The summed E-state index contributed by atoms with van der Waals surface area (Å²) in [6, 6.07) is 0.0428. The monoisotopic (exact) mass is 200 g/mol. The van der Waals surface area contributed by atoms with Crippen molar-refractivity contribution in [1.82, 2.24) is 10.6 Å². The van der Waals surface area contributed by atoms with Gasteiger partial charge in [-0.2, -0.15) is 0 Å². The van der Waals surface area contributed by atoms with Crippen LogP contribution in [0.4, 0.5) is 0 Å². The Kier molecular flexibility index (Phi) is 3.88. The van der Waals surface area contributed by atoms with Crippen LogP contribution in [-0.4, -0.2) is 35.6 Å². The molecule has 5 nitrogen and oxygen atoms in total. The van der Waals surface area contributed by atoms with Crippen molar-refractivity contribution in [3.63, 3.8) is 0 Å². The topological polar surface area (TPSA) is 78.4 Å². The molecule has 1 unspecified atom stereocenters. The molecule has 1 aliphatic rings. The molecule has 1 atom stereocenters. The third-order valence-corrected chi connectivity index (χ3v) is 2.11. The Bertz CT molecular complexity index is 226. The normalized spacial score (nSPS) is 17.5. The zero-order valence-electron chi connectivity index (χ0n) is 8.25. The van der Waals surface area contributed by atoms with Crippen LogP contribution in [-0.2, 0) is 9.59 Å². The van der Waals surface area contributed by atoms with Gasteiger partial charge < -0.3 is 15.7 Å². The molecular weight excluding hydrogens is 184 g/mol. The van der Waals surface area contributed by atoms with Crippen LogP contribution >= 0.6 is 0 Å². The van der Waals surface area contributed by atoms with Crippen molar-refractivity contribution in [3.8, 4) is 0 Å². The van der Waals surface area contributed by atoms with Crippen LogP contribution in [0.25, 0.3) is 0 Å². The van der Waals surface area contributed by atoms with Crippen LogP contribution in [0, 0.1) is 0 Å². The maximum atomic E-state index is 11.3. The first kappa shape index (κ1) is 11.0. The Morgan fingerprint density at radius 2 is 2.14 bits per heavy atom. The molecule has 80 valence electrons. The fourth-order valence-electron chi connectivity index (χ4n) is 1.04. The molecule has 1 fully saturated rings. The van der Waals surface area contributed by atoms with Crippen LogP contribution in [0.3, 0.4) is 0 Å². The molecule has 1 aliphatic carbocycles. The van der Waals surface area contributed by atoms with Crippen molar-refractivity contribution >= 4 is 11.9 Å². The first-order valence-corrected chi connectivity index (χ1v) is 4.85. The van der Waals surface area contributed by atoms with E-state index < -0.39 is 5.97 Å². The van der Waals surface area contributed by atoms with Crippen LogP contribution < -0.4 is 10.6 Å². The number of carbonyl (C=O) groups excluding carboxylic acids is 1. The number of amides is 1. The standard InChI is InChI=1S/C9H16N2O3/c1-6(10-5-4-8(12)13)9(14)11-7-2-3-7/h6-7,10H,2-5H2,1H3,(H,11,14)(H,12,13). The van der Waals surface area contributed by atoms with E-state index in [9.17, 15) is 9.59 Å². The molecule has 0 bridgehead atoms. The fraction of sp³-hybridized carbons (Fsp3) is 0.778. The van der Waals surface area contributed by atoms with E-state index in [4.69, 9.17) is 5.11 Å². The lowest BCUT2D eigenvalue weighted by atomic mass is 10.3. The van der Waals surface area contributed by atoms with E-state index in [-0.39, 0.29) is 18.4 Å². The lowest BCUT2D eigenvalue weighted by Gasteiger charge is -2.12. The molecule has 14 heavy (non-hydrogen) atoms. The van der Waals surface area contributed by atoms with Gasteiger partial charge >= 0.3 is 5.97 Å². The number of carbonyl (C=O) groups is 2. The highest BCUT2D eigenvalue weighted by Crippen LogP contribution is 2.18. The number of carboxylic acids is 1. The van der Waals surface area contributed by atoms with Crippen molar-refractivity contribution in [2.24, 2.45) is 0 Å². The Labute approximate surface area is 82.9 Å². The fourth-order valence-corrected chi connectivity index (χ4v) is 1.04. The first-order chi connectivity index (χ1) is 6.59. The van der Waals surface area contributed by atoms with Crippen LogP contribution in [0.1, 0.15) is 26.2 Å². The van der Waals surface area contributed by atoms with Gasteiger partial charge in [-0.15, -0.1) is 0 Å². The van der Waals surface area contributed by atoms with Crippen molar-refractivity contribution in [3.05, 3.63) is 0 Å². The van der Waals surface area contributed by atoms with Crippen molar-refractivity contribution in [1.29, 1.82) is 0 Å². The van der Waals surface area contributed by atoms with Crippen molar-refractivity contribution in [2.45, 2.75) is 38.3 Å². The van der Waals surface area contributed by atoms with Gasteiger partial charge in [-0.05, 0) is 19.8 Å². The van der Waals surface area contributed by atoms with Gasteiger partial charge in [0.2, 0.25) is 5.91 Å². The average Bonchev–Trinajstić information content (AvgIpc) is 2.87. The molecule has 0 aliphatic heterocycles. The summed E-state index contributed by atoms with van der Waals surface area (Å²) < 4.78 is 0. The zero-order chi connectivity index (χ0) is 10.6. The predicted octanol–water partition coefficient (Wildman–Crippen LogP) is -0.282. The van der Waals surface area contributed by atoms with E-state index in [1.807, 2.05) is 0 Å². The number of aliphatic carboxylic acids is 1. The van der Waals surface area contributed by atoms with Gasteiger partial charge in [0.25, 0.3) is 0 Å². The summed E-state index contributed by atoms with van der Waals surface area (Å²) in [4.78, 5) is 21.5. The minimum atomic E-state index is -0.854. The summed E-state index contributed by atoms with van der Waals surface area (Å²) >= 11 is 0. The van der Waals surface area contributed by atoms with E-state index in [1.165, 1.54) is 0 Å². The van der Waals surface area contributed by atoms with E-state index in [1.54, 1.807) is 6.92 Å². The van der Waals surface area contributed by atoms with Gasteiger partial charge in [0.1, 0.15) is 0 Å². The van der Waals surface area contributed by atoms with E-state index in [0.29, 0.717) is 12.6 Å². The van der Waals surface area contributed by atoms with Gasteiger partial charge in [-0.1, -0.05) is 0 Å². The van der Waals surface area contributed by atoms with E-state index in [2.05, 4.69) is 10.6 Å². The van der Waals surface area contributed by atoms with Gasteiger partial charge in [0.15, 0.2) is 0 Å². The number of nitrogens with one attached hydrogen (secondary N) is 2. The zero-order valence-corrected chi connectivity index (χ0v) is 8.25. The third-order valence-electron chi connectivity index (χ3n) is 2.11. The average molecular weight is 200 g/mol. The summed E-state index contributed by atoms with van der Waals surface area (Å²) in [6.45, 7) is 2.06. The van der Waals surface area contributed by atoms with E-state index in [0.717, 1.165) is 12.8 Å². The molecule has 0 spiro atoms. The van der Waals surface area contributed by atoms with Crippen LogP contribution in [0.5, 0.6) is 0 Å².